The molecule has 0 unspecified atom stereocenters. The van der Waals surface area contributed by atoms with E-state index in [0.29, 0.717) is 0 Å². The molecule has 1 N–H and O–H groups in total. The predicted octanol–water partition coefficient (Wildman–Crippen LogP) is 4.13. The molecule has 0 radical (unpaired) electrons. The van der Waals surface area contributed by atoms with Gasteiger partial charge in [-0.3, -0.25) is 0 Å². The molecule has 3 rings (SSSR count). The van der Waals surface area contributed by atoms with E-state index in [4.69, 9.17) is 4.74 Å². The van der Waals surface area contributed by atoms with Gasteiger partial charge in [-0.15, -0.1) is 11.3 Å². The SMILES string of the molecule is COc1ccc([C@H](NS(=O)(=O)c2ccc(C)cc2)c2cccs2)cc1. The minimum atomic E-state index is -3.64. The molecule has 0 bridgehead atoms. The van der Waals surface area contributed by atoms with E-state index in [2.05, 4.69) is 4.72 Å². The van der Waals surface area contributed by atoms with Crippen molar-refractivity contribution in [3.05, 3.63) is 82.0 Å². The van der Waals surface area contributed by atoms with Crippen molar-refractivity contribution >= 4 is 21.4 Å². The van der Waals surface area contributed by atoms with Gasteiger partial charge in [0.2, 0.25) is 10.0 Å². The van der Waals surface area contributed by atoms with E-state index in [9.17, 15) is 8.42 Å². The zero-order valence-electron chi connectivity index (χ0n) is 14.0. The van der Waals surface area contributed by atoms with Gasteiger partial charge >= 0.3 is 0 Å². The lowest BCUT2D eigenvalue weighted by atomic mass is 10.1. The van der Waals surface area contributed by atoms with Gasteiger partial charge < -0.3 is 4.74 Å². The van der Waals surface area contributed by atoms with Crippen molar-refractivity contribution in [2.24, 2.45) is 0 Å². The van der Waals surface area contributed by atoms with E-state index in [1.165, 1.54) is 11.3 Å². The van der Waals surface area contributed by atoms with Crippen LogP contribution in [0.4, 0.5) is 0 Å². The lowest BCUT2D eigenvalue weighted by Crippen LogP contribution is -2.29. The average Bonchev–Trinajstić information content (AvgIpc) is 3.15. The lowest BCUT2D eigenvalue weighted by Gasteiger charge is -2.18. The molecule has 0 saturated carbocycles. The number of sulfonamides is 1. The van der Waals surface area contributed by atoms with Crippen LogP contribution >= 0.6 is 11.3 Å². The zero-order chi connectivity index (χ0) is 17.9. The summed E-state index contributed by atoms with van der Waals surface area (Å²) in [7, 11) is -2.04. The number of hydrogen-bond donors (Lipinski definition) is 1. The topological polar surface area (TPSA) is 55.4 Å². The van der Waals surface area contributed by atoms with Gasteiger partial charge in [-0.05, 0) is 48.2 Å². The van der Waals surface area contributed by atoms with Crippen molar-refractivity contribution in [3.8, 4) is 5.75 Å². The molecule has 1 atom stereocenters. The number of hydrogen-bond acceptors (Lipinski definition) is 4. The smallest absolute Gasteiger partial charge is 0.241 e. The van der Waals surface area contributed by atoms with Crippen LogP contribution < -0.4 is 9.46 Å². The van der Waals surface area contributed by atoms with E-state index >= 15 is 0 Å². The maximum Gasteiger partial charge on any atom is 0.241 e. The van der Waals surface area contributed by atoms with Crippen LogP contribution in [0, 0.1) is 6.92 Å². The molecule has 0 aliphatic rings. The average molecular weight is 373 g/mol. The molecular formula is C19H19NO3S2. The Balaban J connectivity index is 1.96. The van der Waals surface area contributed by atoms with Crippen molar-refractivity contribution in [1.82, 2.24) is 4.72 Å². The molecule has 0 amide bonds. The Bertz CT molecular complexity index is 916. The molecule has 6 heteroatoms. The van der Waals surface area contributed by atoms with Crippen molar-refractivity contribution in [2.75, 3.05) is 7.11 Å². The van der Waals surface area contributed by atoms with E-state index < -0.39 is 16.1 Å². The van der Waals surface area contributed by atoms with E-state index in [-0.39, 0.29) is 4.90 Å². The Morgan fingerprint density at radius 1 is 1.00 bits per heavy atom. The molecule has 0 aliphatic heterocycles. The first-order valence-corrected chi connectivity index (χ1v) is 10.1. The summed E-state index contributed by atoms with van der Waals surface area (Å²) in [5.41, 5.74) is 1.88. The van der Waals surface area contributed by atoms with Gasteiger partial charge in [0, 0.05) is 4.88 Å². The van der Waals surface area contributed by atoms with Crippen molar-refractivity contribution in [2.45, 2.75) is 17.9 Å². The van der Waals surface area contributed by atoms with Crippen LogP contribution in [0.1, 0.15) is 22.0 Å². The number of ether oxygens (including phenoxy) is 1. The van der Waals surface area contributed by atoms with Crippen molar-refractivity contribution < 1.29 is 13.2 Å². The minimum Gasteiger partial charge on any atom is -0.497 e. The summed E-state index contributed by atoms with van der Waals surface area (Å²) in [4.78, 5) is 1.19. The Hall–Kier alpha value is -2.15. The summed E-state index contributed by atoms with van der Waals surface area (Å²) < 4.78 is 33.6. The molecule has 130 valence electrons. The van der Waals surface area contributed by atoms with Crippen LogP contribution in [0.15, 0.2) is 70.9 Å². The standard InChI is InChI=1S/C19H19NO3S2/c1-14-5-11-17(12-6-14)25(21,22)20-19(18-4-3-13-24-18)15-7-9-16(23-2)10-8-15/h3-13,19-20H,1-2H3/t19-/m0/s1. The summed E-state index contributed by atoms with van der Waals surface area (Å²) in [6, 6.07) is 17.6. The molecule has 0 aliphatic carbocycles. The second-order valence-corrected chi connectivity index (χ2v) is 8.35. The molecule has 3 aromatic rings. The van der Waals surface area contributed by atoms with Crippen LogP contribution in [0.3, 0.4) is 0 Å². The van der Waals surface area contributed by atoms with E-state index in [0.717, 1.165) is 21.8 Å². The van der Waals surface area contributed by atoms with Crippen LogP contribution in [0.5, 0.6) is 5.75 Å². The van der Waals surface area contributed by atoms with Gasteiger partial charge in [0.25, 0.3) is 0 Å². The normalized spacial score (nSPS) is 12.7. The molecule has 1 heterocycles. The highest BCUT2D eigenvalue weighted by Crippen LogP contribution is 2.29. The first-order valence-electron chi connectivity index (χ1n) is 7.76. The van der Waals surface area contributed by atoms with Gasteiger partial charge in [-0.2, -0.15) is 4.72 Å². The maximum atomic E-state index is 12.8. The zero-order valence-corrected chi connectivity index (χ0v) is 15.6. The van der Waals surface area contributed by atoms with Gasteiger partial charge in [0.05, 0.1) is 18.0 Å². The first-order chi connectivity index (χ1) is 12.0. The van der Waals surface area contributed by atoms with E-state index in [1.807, 2.05) is 48.7 Å². The van der Waals surface area contributed by atoms with Crippen molar-refractivity contribution in [1.29, 1.82) is 0 Å². The highest BCUT2D eigenvalue weighted by Gasteiger charge is 2.23. The third kappa shape index (κ3) is 4.10. The Labute approximate surface area is 152 Å². The van der Waals surface area contributed by atoms with Crippen LogP contribution in [0.25, 0.3) is 0 Å². The molecule has 0 saturated heterocycles. The fourth-order valence-corrected chi connectivity index (χ4v) is 4.56. The summed E-state index contributed by atoms with van der Waals surface area (Å²) in [5.74, 6) is 0.732. The maximum absolute atomic E-state index is 12.8. The molecule has 1 aromatic heterocycles. The summed E-state index contributed by atoms with van der Waals surface area (Å²) in [6.45, 7) is 1.93. The monoisotopic (exact) mass is 373 g/mol. The lowest BCUT2D eigenvalue weighted by molar-refractivity contribution is 0.414. The highest BCUT2D eigenvalue weighted by atomic mass is 32.2. The molecule has 0 fully saturated rings. The molecule has 25 heavy (non-hydrogen) atoms. The van der Waals surface area contributed by atoms with Gasteiger partial charge in [0.1, 0.15) is 5.75 Å². The third-order valence-electron chi connectivity index (χ3n) is 3.88. The summed E-state index contributed by atoms with van der Waals surface area (Å²) >= 11 is 1.52. The predicted molar refractivity (Wildman–Crippen MR) is 101 cm³/mol. The Morgan fingerprint density at radius 3 is 2.24 bits per heavy atom. The number of rotatable bonds is 6. The number of nitrogens with one attached hydrogen (secondary N) is 1. The quantitative estimate of drug-likeness (QED) is 0.707. The molecule has 0 spiro atoms. The fraction of sp³-hybridized carbons (Fsp3) is 0.158. The van der Waals surface area contributed by atoms with Gasteiger partial charge in [-0.1, -0.05) is 35.9 Å². The van der Waals surface area contributed by atoms with Gasteiger partial charge in [-0.25, -0.2) is 8.42 Å². The highest BCUT2D eigenvalue weighted by molar-refractivity contribution is 7.89. The van der Waals surface area contributed by atoms with E-state index in [1.54, 1.807) is 31.4 Å². The number of thiophene rings is 1. The largest absolute Gasteiger partial charge is 0.497 e. The second kappa shape index (κ2) is 7.39. The summed E-state index contributed by atoms with van der Waals surface area (Å²) in [5, 5.41) is 1.94. The molecule has 2 aromatic carbocycles. The number of benzene rings is 2. The van der Waals surface area contributed by atoms with Gasteiger partial charge in [0.15, 0.2) is 0 Å². The molecule has 4 nitrogen and oxygen atoms in total. The van der Waals surface area contributed by atoms with Crippen LogP contribution in [-0.4, -0.2) is 15.5 Å². The number of aryl methyl sites for hydroxylation is 1. The molecular weight excluding hydrogens is 354 g/mol. The minimum absolute atomic E-state index is 0.258. The van der Waals surface area contributed by atoms with Crippen LogP contribution in [0.2, 0.25) is 0 Å². The van der Waals surface area contributed by atoms with Crippen molar-refractivity contribution in [3.63, 3.8) is 0 Å². The number of methoxy groups -OCH3 is 1. The fourth-order valence-electron chi connectivity index (χ4n) is 2.48. The Morgan fingerprint density at radius 2 is 1.68 bits per heavy atom. The third-order valence-corrected chi connectivity index (χ3v) is 6.26. The Kier molecular flexibility index (Phi) is 5.22. The second-order valence-electron chi connectivity index (χ2n) is 5.66. The summed E-state index contributed by atoms with van der Waals surface area (Å²) in [6.07, 6.45) is 0. The first kappa shape index (κ1) is 17.7. The van der Waals surface area contributed by atoms with Crippen LogP contribution in [-0.2, 0) is 10.0 Å².